The Morgan fingerprint density at radius 2 is 2.31 bits per heavy atom. The van der Waals surface area contributed by atoms with Gasteiger partial charge in [0.05, 0.1) is 6.42 Å². The second-order valence-corrected chi connectivity index (χ2v) is 3.55. The molecule has 1 nitrogen and oxygen atoms in total. The van der Waals surface area contributed by atoms with Crippen molar-refractivity contribution in [1.82, 2.24) is 0 Å². The summed E-state index contributed by atoms with van der Waals surface area (Å²) in [6.45, 7) is 2.00. The Hall–Kier alpha value is -1.07. The van der Waals surface area contributed by atoms with Crippen LogP contribution in [0.4, 0.5) is 0 Å². The van der Waals surface area contributed by atoms with E-state index in [1.807, 2.05) is 25.1 Å². The third-order valence-electron chi connectivity index (χ3n) is 1.61. The number of aryl methyl sites for hydroxylation is 1. The van der Waals surface area contributed by atoms with Crippen molar-refractivity contribution in [3.8, 4) is 11.8 Å². The van der Waals surface area contributed by atoms with Crippen LogP contribution in [-0.4, -0.2) is 6.29 Å². The molecule has 0 aromatic heterocycles. The minimum Gasteiger partial charge on any atom is -0.302 e. The molecule has 0 atom stereocenters. The summed E-state index contributed by atoms with van der Waals surface area (Å²) >= 11 is 3.37. The summed E-state index contributed by atoms with van der Waals surface area (Å²) in [6, 6.07) is 5.92. The van der Waals surface area contributed by atoms with Gasteiger partial charge in [-0.25, -0.2) is 0 Å². The molecule has 0 fully saturated rings. The third kappa shape index (κ3) is 3.04. The highest BCUT2D eigenvalue weighted by molar-refractivity contribution is 9.10. The van der Waals surface area contributed by atoms with Crippen LogP contribution in [0, 0.1) is 18.8 Å². The number of carbonyl (C=O) groups excluding carboxylic acids is 1. The summed E-state index contributed by atoms with van der Waals surface area (Å²) in [4.78, 5) is 10.0. The zero-order valence-electron chi connectivity index (χ0n) is 7.30. The second-order valence-electron chi connectivity index (χ2n) is 2.63. The number of halogens is 1. The van der Waals surface area contributed by atoms with Crippen molar-refractivity contribution in [2.75, 3.05) is 0 Å². The Labute approximate surface area is 86.3 Å². The number of benzene rings is 1. The molecular weight excluding hydrogens is 228 g/mol. The average Bonchev–Trinajstić information content (AvgIpc) is 2.11. The van der Waals surface area contributed by atoms with Crippen LogP contribution >= 0.6 is 15.9 Å². The van der Waals surface area contributed by atoms with Gasteiger partial charge in [-0.05, 0) is 24.6 Å². The zero-order chi connectivity index (χ0) is 9.68. The first-order valence-electron chi connectivity index (χ1n) is 3.92. The molecule has 13 heavy (non-hydrogen) atoms. The molecular formula is C11H9BrO. The Morgan fingerprint density at radius 3 is 3.00 bits per heavy atom. The van der Waals surface area contributed by atoms with E-state index < -0.39 is 0 Å². The van der Waals surface area contributed by atoms with Crippen LogP contribution in [0.5, 0.6) is 0 Å². The summed E-state index contributed by atoms with van der Waals surface area (Å²) in [5.41, 5.74) is 2.10. The predicted molar refractivity (Wildman–Crippen MR) is 56.4 cm³/mol. The molecule has 0 radical (unpaired) electrons. The molecule has 2 heteroatoms. The highest BCUT2D eigenvalue weighted by Gasteiger charge is 1.94. The minimum absolute atomic E-state index is 0.298. The maximum atomic E-state index is 10.0. The van der Waals surface area contributed by atoms with Crippen LogP contribution in [0.15, 0.2) is 22.7 Å². The summed E-state index contributed by atoms with van der Waals surface area (Å²) in [5, 5.41) is 0. The second kappa shape index (κ2) is 4.84. The normalized spacial score (nSPS) is 8.77. The Bertz CT molecular complexity index is 371. The number of rotatable bonds is 1. The lowest BCUT2D eigenvalue weighted by Gasteiger charge is -1.97. The number of hydrogen-bond acceptors (Lipinski definition) is 1. The van der Waals surface area contributed by atoms with E-state index in [0.717, 1.165) is 21.9 Å². The molecule has 0 saturated carbocycles. The lowest BCUT2D eigenvalue weighted by atomic mass is 10.1. The highest BCUT2D eigenvalue weighted by atomic mass is 79.9. The molecule has 1 aromatic carbocycles. The average molecular weight is 237 g/mol. The number of hydrogen-bond donors (Lipinski definition) is 0. The van der Waals surface area contributed by atoms with Gasteiger partial charge in [0.2, 0.25) is 0 Å². The molecule has 0 spiro atoms. The largest absolute Gasteiger partial charge is 0.302 e. The van der Waals surface area contributed by atoms with Gasteiger partial charge >= 0.3 is 0 Å². The first-order chi connectivity index (χ1) is 6.24. The van der Waals surface area contributed by atoms with Gasteiger partial charge < -0.3 is 4.79 Å². The smallest absolute Gasteiger partial charge is 0.131 e. The molecule has 66 valence electrons. The summed E-state index contributed by atoms with van der Waals surface area (Å²) < 4.78 is 1.01. The molecule has 0 aliphatic carbocycles. The van der Waals surface area contributed by atoms with Gasteiger partial charge in [-0.3, -0.25) is 0 Å². The van der Waals surface area contributed by atoms with Crippen LogP contribution in [0.3, 0.4) is 0 Å². The van der Waals surface area contributed by atoms with Crippen LogP contribution in [-0.2, 0) is 4.79 Å². The van der Waals surface area contributed by atoms with E-state index in [2.05, 4.69) is 27.8 Å². The summed E-state index contributed by atoms with van der Waals surface area (Å²) in [5.74, 6) is 5.72. The maximum Gasteiger partial charge on any atom is 0.131 e. The third-order valence-corrected chi connectivity index (χ3v) is 2.10. The fourth-order valence-corrected chi connectivity index (χ4v) is 1.28. The van der Waals surface area contributed by atoms with Gasteiger partial charge in [0, 0.05) is 10.0 Å². The van der Waals surface area contributed by atoms with Crippen molar-refractivity contribution >= 4 is 22.2 Å². The highest BCUT2D eigenvalue weighted by Crippen LogP contribution is 2.14. The van der Waals surface area contributed by atoms with E-state index in [4.69, 9.17) is 0 Å². The van der Waals surface area contributed by atoms with Crippen LogP contribution in [0.2, 0.25) is 0 Å². The van der Waals surface area contributed by atoms with Crippen molar-refractivity contribution < 1.29 is 4.79 Å². The molecule has 0 heterocycles. The lowest BCUT2D eigenvalue weighted by molar-refractivity contribution is -0.107. The minimum atomic E-state index is 0.298. The van der Waals surface area contributed by atoms with E-state index in [9.17, 15) is 4.79 Å². The molecule has 1 rings (SSSR count). The quantitative estimate of drug-likeness (QED) is 0.542. The van der Waals surface area contributed by atoms with E-state index in [0.29, 0.717) is 6.42 Å². The van der Waals surface area contributed by atoms with Crippen LogP contribution in [0.25, 0.3) is 0 Å². The van der Waals surface area contributed by atoms with Gasteiger partial charge in [-0.2, -0.15) is 0 Å². The molecule has 0 saturated heterocycles. The fourth-order valence-electron chi connectivity index (χ4n) is 0.917. The van der Waals surface area contributed by atoms with E-state index in [1.54, 1.807) is 0 Å². The molecule has 0 unspecified atom stereocenters. The topological polar surface area (TPSA) is 17.1 Å². The van der Waals surface area contributed by atoms with Crippen molar-refractivity contribution in [2.24, 2.45) is 0 Å². The Morgan fingerprint density at radius 1 is 1.54 bits per heavy atom. The zero-order valence-corrected chi connectivity index (χ0v) is 8.89. The van der Waals surface area contributed by atoms with E-state index in [1.165, 1.54) is 0 Å². The van der Waals surface area contributed by atoms with E-state index >= 15 is 0 Å². The van der Waals surface area contributed by atoms with Crippen LogP contribution in [0.1, 0.15) is 17.5 Å². The SMILES string of the molecule is Cc1ccc(Br)cc1C#CCC=O. The van der Waals surface area contributed by atoms with Crippen molar-refractivity contribution in [3.63, 3.8) is 0 Å². The summed E-state index contributed by atoms with van der Waals surface area (Å²) in [7, 11) is 0. The molecule has 0 aliphatic rings. The predicted octanol–water partition coefficient (Wildman–Crippen LogP) is 2.70. The van der Waals surface area contributed by atoms with Gasteiger partial charge in [-0.1, -0.05) is 33.8 Å². The lowest BCUT2D eigenvalue weighted by Crippen LogP contribution is -1.81. The van der Waals surface area contributed by atoms with Gasteiger partial charge in [0.1, 0.15) is 6.29 Å². The van der Waals surface area contributed by atoms with Crippen molar-refractivity contribution in [1.29, 1.82) is 0 Å². The maximum absolute atomic E-state index is 10.0. The molecule has 0 bridgehead atoms. The Balaban J connectivity index is 2.95. The molecule has 1 aromatic rings. The molecule has 0 N–H and O–H groups in total. The van der Waals surface area contributed by atoms with Gasteiger partial charge in [0.15, 0.2) is 0 Å². The summed E-state index contributed by atoms with van der Waals surface area (Å²) in [6.07, 6.45) is 1.10. The first kappa shape index (κ1) is 10.0. The van der Waals surface area contributed by atoms with Gasteiger partial charge in [0.25, 0.3) is 0 Å². The van der Waals surface area contributed by atoms with Crippen LogP contribution < -0.4 is 0 Å². The van der Waals surface area contributed by atoms with E-state index in [-0.39, 0.29) is 0 Å². The number of aldehydes is 1. The van der Waals surface area contributed by atoms with Crippen molar-refractivity contribution in [2.45, 2.75) is 13.3 Å². The standard InChI is InChI=1S/C11H9BrO/c1-9-5-6-11(12)8-10(9)4-2-3-7-13/h5-8H,3H2,1H3. The molecule has 0 amide bonds. The van der Waals surface area contributed by atoms with Gasteiger partial charge in [-0.15, -0.1) is 0 Å². The fraction of sp³-hybridized carbons (Fsp3) is 0.182. The monoisotopic (exact) mass is 236 g/mol. The Kier molecular flexibility index (Phi) is 3.72. The number of carbonyl (C=O) groups is 1. The first-order valence-corrected chi connectivity index (χ1v) is 4.72. The van der Waals surface area contributed by atoms with Crippen molar-refractivity contribution in [3.05, 3.63) is 33.8 Å². The molecule has 0 aliphatic heterocycles.